The van der Waals surface area contributed by atoms with Crippen molar-refractivity contribution in [2.75, 3.05) is 17.4 Å². The molecule has 4 aromatic rings. The zero-order valence-corrected chi connectivity index (χ0v) is 26.7. The molecule has 4 aromatic carbocycles. The number of hydrogen-bond donors (Lipinski definition) is 1. The number of rotatable bonds is 13. The van der Waals surface area contributed by atoms with Crippen LogP contribution < -0.4 is 9.62 Å². The van der Waals surface area contributed by atoms with Gasteiger partial charge in [-0.2, -0.15) is 0 Å². The number of benzene rings is 4. The molecule has 0 spiro atoms. The predicted molar refractivity (Wildman–Crippen MR) is 176 cm³/mol. The van der Waals surface area contributed by atoms with Gasteiger partial charge in [0.05, 0.1) is 10.6 Å². The van der Waals surface area contributed by atoms with E-state index in [1.54, 1.807) is 29.2 Å². The van der Waals surface area contributed by atoms with E-state index in [9.17, 15) is 18.0 Å². The first-order valence-corrected chi connectivity index (χ1v) is 16.4. The summed E-state index contributed by atoms with van der Waals surface area (Å²) in [7, 11) is -4.14. The van der Waals surface area contributed by atoms with Crippen LogP contribution in [0.5, 0.6) is 0 Å². The van der Waals surface area contributed by atoms with E-state index in [1.807, 2.05) is 94.4 Å². The minimum atomic E-state index is -4.14. The van der Waals surface area contributed by atoms with Gasteiger partial charge in [0.15, 0.2) is 0 Å². The first-order chi connectivity index (χ1) is 21.1. The Kier molecular flexibility index (Phi) is 11.0. The molecule has 0 aliphatic rings. The highest BCUT2D eigenvalue weighted by Gasteiger charge is 2.35. The number of nitrogens with one attached hydrogen (secondary N) is 1. The standard InChI is InChI=1S/C36H41N3O4S/c1-5-22-37-36(41)34(24-30-15-8-6-9-16-30)38(25-31-17-13-12-14-28(31)3)35(40)26-39(33-23-27(2)20-21-29(33)4)44(42,43)32-18-10-7-11-19-32/h6-21,23,34H,5,22,24-26H2,1-4H3,(H,37,41)/t34-/m1/s1. The molecule has 8 heteroatoms. The molecule has 0 saturated carbocycles. The largest absolute Gasteiger partial charge is 0.354 e. The van der Waals surface area contributed by atoms with E-state index >= 15 is 0 Å². The molecule has 0 unspecified atom stereocenters. The summed E-state index contributed by atoms with van der Waals surface area (Å²) in [6, 6.07) is 30.1. The van der Waals surface area contributed by atoms with Gasteiger partial charge in [-0.05, 0) is 73.2 Å². The van der Waals surface area contributed by atoms with Crippen LogP contribution in [0.2, 0.25) is 0 Å². The van der Waals surface area contributed by atoms with Crippen molar-refractivity contribution >= 4 is 27.5 Å². The molecule has 44 heavy (non-hydrogen) atoms. The summed E-state index contributed by atoms with van der Waals surface area (Å²) >= 11 is 0. The van der Waals surface area contributed by atoms with Gasteiger partial charge in [-0.3, -0.25) is 13.9 Å². The summed E-state index contributed by atoms with van der Waals surface area (Å²) in [5.74, 6) is -0.747. The number of amides is 2. The fraction of sp³-hybridized carbons (Fsp3) is 0.278. The van der Waals surface area contributed by atoms with Crippen molar-refractivity contribution < 1.29 is 18.0 Å². The normalized spacial score (nSPS) is 11.9. The van der Waals surface area contributed by atoms with Crippen molar-refractivity contribution in [3.63, 3.8) is 0 Å². The molecule has 0 saturated heterocycles. The monoisotopic (exact) mass is 611 g/mol. The SMILES string of the molecule is CCCNC(=O)[C@@H](Cc1ccccc1)N(Cc1ccccc1C)C(=O)CN(c1cc(C)ccc1C)S(=O)(=O)c1ccccc1. The first kappa shape index (κ1) is 32.5. The molecule has 0 aliphatic carbocycles. The number of carbonyl (C=O) groups is 2. The lowest BCUT2D eigenvalue weighted by Crippen LogP contribution is -2.53. The van der Waals surface area contributed by atoms with E-state index in [-0.39, 0.29) is 23.8 Å². The zero-order valence-electron chi connectivity index (χ0n) is 25.9. The van der Waals surface area contributed by atoms with E-state index in [0.717, 1.165) is 34.2 Å². The quantitative estimate of drug-likeness (QED) is 0.202. The summed E-state index contributed by atoms with van der Waals surface area (Å²) in [6.45, 7) is 7.79. The first-order valence-electron chi connectivity index (χ1n) is 14.9. The molecular weight excluding hydrogens is 570 g/mol. The molecule has 230 valence electrons. The molecule has 0 fully saturated rings. The second-order valence-corrected chi connectivity index (χ2v) is 12.9. The molecule has 0 bridgehead atoms. The Morgan fingerprint density at radius 1 is 0.795 bits per heavy atom. The maximum Gasteiger partial charge on any atom is 0.264 e. The molecular formula is C36H41N3O4S. The van der Waals surface area contributed by atoms with Gasteiger partial charge in [-0.1, -0.05) is 91.9 Å². The van der Waals surface area contributed by atoms with Crippen molar-refractivity contribution in [3.05, 3.63) is 131 Å². The van der Waals surface area contributed by atoms with Crippen molar-refractivity contribution in [3.8, 4) is 0 Å². The van der Waals surface area contributed by atoms with Crippen molar-refractivity contribution in [1.29, 1.82) is 0 Å². The minimum absolute atomic E-state index is 0.0840. The molecule has 1 atom stereocenters. The highest BCUT2D eigenvalue weighted by molar-refractivity contribution is 7.92. The summed E-state index contributed by atoms with van der Waals surface area (Å²) in [4.78, 5) is 30.0. The van der Waals surface area contributed by atoms with Crippen LogP contribution in [0.4, 0.5) is 5.69 Å². The molecule has 0 aromatic heterocycles. The lowest BCUT2D eigenvalue weighted by atomic mass is 10.0. The Bertz CT molecular complexity index is 1670. The maximum absolute atomic E-state index is 14.6. The van der Waals surface area contributed by atoms with Gasteiger partial charge in [0.25, 0.3) is 10.0 Å². The Balaban J connectivity index is 1.83. The fourth-order valence-corrected chi connectivity index (χ4v) is 6.60. The van der Waals surface area contributed by atoms with Gasteiger partial charge in [0, 0.05) is 19.5 Å². The summed E-state index contributed by atoms with van der Waals surface area (Å²) in [5.41, 5.74) is 4.76. The Labute approximate surface area is 261 Å². The molecule has 4 rings (SSSR count). The third-order valence-electron chi connectivity index (χ3n) is 7.67. The average molecular weight is 612 g/mol. The van der Waals surface area contributed by atoms with Gasteiger partial charge in [0.2, 0.25) is 11.8 Å². The molecule has 0 heterocycles. The van der Waals surface area contributed by atoms with Crippen molar-refractivity contribution in [2.24, 2.45) is 0 Å². The van der Waals surface area contributed by atoms with E-state index in [4.69, 9.17) is 0 Å². The van der Waals surface area contributed by atoms with Crippen LogP contribution in [0.1, 0.15) is 41.2 Å². The minimum Gasteiger partial charge on any atom is -0.354 e. The second-order valence-electron chi connectivity index (χ2n) is 11.1. The number of aryl methyl sites for hydroxylation is 3. The van der Waals surface area contributed by atoms with Crippen LogP contribution >= 0.6 is 0 Å². The lowest BCUT2D eigenvalue weighted by molar-refractivity contribution is -0.140. The molecule has 2 amide bonds. The highest BCUT2D eigenvalue weighted by Crippen LogP contribution is 2.29. The molecule has 0 aliphatic heterocycles. The van der Waals surface area contributed by atoms with Crippen molar-refractivity contribution in [1.82, 2.24) is 10.2 Å². The molecule has 1 N–H and O–H groups in total. The second kappa shape index (κ2) is 14.8. The number of sulfonamides is 1. The van der Waals surface area contributed by atoms with Gasteiger partial charge in [-0.25, -0.2) is 8.42 Å². The van der Waals surface area contributed by atoms with Crippen LogP contribution in [0, 0.1) is 20.8 Å². The number of hydrogen-bond acceptors (Lipinski definition) is 4. The summed E-state index contributed by atoms with van der Waals surface area (Å²) < 4.78 is 29.5. The number of nitrogens with zero attached hydrogens (tertiary/aromatic N) is 2. The Hall–Kier alpha value is -4.43. The van der Waals surface area contributed by atoms with Crippen LogP contribution in [0.15, 0.2) is 108 Å². The predicted octanol–water partition coefficient (Wildman–Crippen LogP) is 5.97. The third-order valence-corrected chi connectivity index (χ3v) is 9.44. The average Bonchev–Trinajstić information content (AvgIpc) is 3.03. The third kappa shape index (κ3) is 7.94. The summed E-state index contributed by atoms with van der Waals surface area (Å²) in [6.07, 6.45) is 1.02. The topological polar surface area (TPSA) is 86.8 Å². The van der Waals surface area contributed by atoms with E-state index < -0.39 is 28.5 Å². The number of carbonyl (C=O) groups excluding carboxylic acids is 2. The molecule has 7 nitrogen and oxygen atoms in total. The Morgan fingerprint density at radius 3 is 2.09 bits per heavy atom. The fourth-order valence-electron chi connectivity index (χ4n) is 5.11. The van der Waals surface area contributed by atoms with Crippen LogP contribution in [0.25, 0.3) is 0 Å². The summed E-state index contributed by atoms with van der Waals surface area (Å²) in [5, 5.41) is 2.98. The Morgan fingerprint density at radius 2 is 1.43 bits per heavy atom. The van der Waals surface area contributed by atoms with Crippen LogP contribution in [0.3, 0.4) is 0 Å². The zero-order chi connectivity index (χ0) is 31.7. The van der Waals surface area contributed by atoms with E-state index in [0.29, 0.717) is 12.2 Å². The maximum atomic E-state index is 14.6. The van der Waals surface area contributed by atoms with Crippen molar-refractivity contribution in [2.45, 2.75) is 58.0 Å². The van der Waals surface area contributed by atoms with Crippen LogP contribution in [-0.2, 0) is 32.6 Å². The molecule has 0 radical (unpaired) electrons. The van der Waals surface area contributed by atoms with E-state index in [2.05, 4.69) is 5.32 Å². The van der Waals surface area contributed by atoms with Gasteiger partial charge in [0.1, 0.15) is 12.6 Å². The number of anilines is 1. The van der Waals surface area contributed by atoms with Gasteiger partial charge in [-0.15, -0.1) is 0 Å². The lowest BCUT2D eigenvalue weighted by Gasteiger charge is -2.34. The van der Waals surface area contributed by atoms with Gasteiger partial charge >= 0.3 is 0 Å². The van der Waals surface area contributed by atoms with Crippen LogP contribution in [-0.4, -0.2) is 44.3 Å². The highest BCUT2D eigenvalue weighted by atomic mass is 32.2. The van der Waals surface area contributed by atoms with E-state index in [1.165, 1.54) is 16.4 Å². The smallest absolute Gasteiger partial charge is 0.264 e. The van der Waals surface area contributed by atoms with Gasteiger partial charge < -0.3 is 10.2 Å².